The van der Waals surface area contributed by atoms with E-state index in [1.807, 2.05) is 14.1 Å². The molecule has 0 atom stereocenters. The Morgan fingerprint density at radius 2 is 2.00 bits per heavy atom. The molecule has 8 nitrogen and oxygen atoms in total. The van der Waals surface area contributed by atoms with Crippen molar-refractivity contribution in [2.24, 2.45) is 0 Å². The fourth-order valence-corrected chi connectivity index (χ4v) is 2.81. The number of nitrogens with zero attached hydrogens (tertiary/aromatic N) is 3. The van der Waals surface area contributed by atoms with Crippen molar-refractivity contribution >= 4 is 17.6 Å². The molecular formula is C18H28N4O4. The molecule has 1 N–H and O–H groups in total. The second-order valence-electron chi connectivity index (χ2n) is 6.40. The smallest absolute Gasteiger partial charge is 0.325 e. The third kappa shape index (κ3) is 5.01. The Labute approximate surface area is 154 Å². The molecule has 0 aromatic heterocycles. The topological polar surface area (TPSA) is 74.4 Å². The third-order valence-electron chi connectivity index (χ3n) is 4.21. The molecule has 1 aliphatic heterocycles. The molecule has 0 unspecified atom stereocenters. The molecule has 2 rings (SSSR count). The molecule has 1 saturated heterocycles. The molecular weight excluding hydrogens is 336 g/mol. The fraction of sp³-hybridized carbons (Fsp3) is 0.556. The van der Waals surface area contributed by atoms with Gasteiger partial charge in [0.1, 0.15) is 18.0 Å². The molecule has 1 aromatic carbocycles. The van der Waals surface area contributed by atoms with Gasteiger partial charge < -0.3 is 24.6 Å². The Morgan fingerprint density at radius 3 is 2.65 bits per heavy atom. The van der Waals surface area contributed by atoms with E-state index in [0.717, 1.165) is 13.0 Å². The van der Waals surface area contributed by atoms with Gasteiger partial charge in [-0.2, -0.15) is 0 Å². The highest BCUT2D eigenvalue weighted by Gasteiger charge is 2.32. The summed E-state index contributed by atoms with van der Waals surface area (Å²) in [4.78, 5) is 30.0. The van der Waals surface area contributed by atoms with E-state index in [-0.39, 0.29) is 18.5 Å². The summed E-state index contributed by atoms with van der Waals surface area (Å²) in [6.07, 6.45) is 0.875. The number of hydrogen-bond donors (Lipinski definition) is 1. The van der Waals surface area contributed by atoms with Crippen LogP contribution in [0.1, 0.15) is 6.42 Å². The maximum absolute atomic E-state index is 12.7. The third-order valence-corrected chi connectivity index (χ3v) is 4.21. The van der Waals surface area contributed by atoms with Crippen molar-refractivity contribution in [3.63, 3.8) is 0 Å². The summed E-state index contributed by atoms with van der Waals surface area (Å²) in [5.74, 6) is 1.09. The highest BCUT2D eigenvalue weighted by atomic mass is 16.5. The van der Waals surface area contributed by atoms with Crippen molar-refractivity contribution in [1.29, 1.82) is 0 Å². The first-order valence-electron chi connectivity index (χ1n) is 8.66. The summed E-state index contributed by atoms with van der Waals surface area (Å²) in [5.41, 5.74) is 0.644. The largest absolute Gasteiger partial charge is 0.497 e. The molecule has 26 heavy (non-hydrogen) atoms. The zero-order valence-corrected chi connectivity index (χ0v) is 15.9. The molecule has 0 aliphatic carbocycles. The standard InChI is InChI=1S/C18H28N4O4/c1-20(2)9-5-8-19-17(23)13-21-10-11-22(18(21)24)15-12-14(25-3)6-7-16(15)26-4/h6-7,12H,5,8-11,13H2,1-4H3,(H,19,23). The average Bonchev–Trinajstić information content (AvgIpc) is 2.98. The zero-order valence-electron chi connectivity index (χ0n) is 15.9. The summed E-state index contributed by atoms with van der Waals surface area (Å²) in [7, 11) is 7.12. The average molecular weight is 364 g/mol. The van der Waals surface area contributed by atoms with Gasteiger partial charge in [-0.1, -0.05) is 0 Å². The van der Waals surface area contributed by atoms with E-state index in [0.29, 0.717) is 36.8 Å². The Kier molecular flexibility index (Phi) is 7.08. The molecule has 0 bridgehead atoms. The van der Waals surface area contributed by atoms with Crippen molar-refractivity contribution in [2.45, 2.75) is 6.42 Å². The van der Waals surface area contributed by atoms with Crippen LogP contribution in [0.5, 0.6) is 11.5 Å². The van der Waals surface area contributed by atoms with Crippen LogP contribution in [0.15, 0.2) is 18.2 Å². The van der Waals surface area contributed by atoms with Gasteiger partial charge in [-0.25, -0.2) is 4.79 Å². The van der Waals surface area contributed by atoms with Gasteiger partial charge >= 0.3 is 6.03 Å². The van der Waals surface area contributed by atoms with Crippen LogP contribution in [-0.2, 0) is 4.79 Å². The summed E-state index contributed by atoms with van der Waals surface area (Å²) in [5, 5.41) is 2.86. The van der Waals surface area contributed by atoms with E-state index in [2.05, 4.69) is 10.2 Å². The van der Waals surface area contributed by atoms with Crippen molar-refractivity contribution in [3.8, 4) is 11.5 Å². The van der Waals surface area contributed by atoms with E-state index >= 15 is 0 Å². The van der Waals surface area contributed by atoms with Crippen molar-refractivity contribution < 1.29 is 19.1 Å². The summed E-state index contributed by atoms with van der Waals surface area (Å²) < 4.78 is 10.6. The van der Waals surface area contributed by atoms with Gasteiger partial charge in [0.2, 0.25) is 5.91 Å². The predicted molar refractivity (Wildman–Crippen MR) is 100 cm³/mol. The number of nitrogens with one attached hydrogen (secondary N) is 1. The van der Waals surface area contributed by atoms with Crippen LogP contribution in [-0.4, -0.2) is 82.8 Å². The highest BCUT2D eigenvalue weighted by Crippen LogP contribution is 2.34. The summed E-state index contributed by atoms with van der Waals surface area (Å²) in [6, 6.07) is 5.10. The van der Waals surface area contributed by atoms with E-state index in [1.54, 1.807) is 42.2 Å². The first-order chi connectivity index (χ1) is 12.5. The number of hydrogen-bond acceptors (Lipinski definition) is 5. The van der Waals surface area contributed by atoms with Crippen molar-refractivity contribution in [3.05, 3.63) is 18.2 Å². The monoisotopic (exact) mass is 364 g/mol. The van der Waals surface area contributed by atoms with Crippen LogP contribution < -0.4 is 19.7 Å². The number of ether oxygens (including phenoxy) is 2. The summed E-state index contributed by atoms with van der Waals surface area (Å²) >= 11 is 0. The molecule has 0 radical (unpaired) electrons. The lowest BCUT2D eigenvalue weighted by Crippen LogP contribution is -2.40. The normalized spacial score (nSPS) is 14.1. The molecule has 0 spiro atoms. The Hall–Kier alpha value is -2.48. The lowest BCUT2D eigenvalue weighted by molar-refractivity contribution is -0.121. The second kappa shape index (κ2) is 9.28. The molecule has 0 saturated carbocycles. The van der Waals surface area contributed by atoms with Crippen molar-refractivity contribution in [1.82, 2.24) is 15.1 Å². The molecule has 3 amide bonds. The Bertz CT molecular complexity index is 636. The zero-order chi connectivity index (χ0) is 19.1. The highest BCUT2D eigenvalue weighted by molar-refractivity contribution is 5.97. The Morgan fingerprint density at radius 1 is 1.23 bits per heavy atom. The molecule has 144 valence electrons. The van der Waals surface area contributed by atoms with Crippen LogP contribution in [0, 0.1) is 0 Å². The van der Waals surface area contributed by atoms with Crippen LogP contribution >= 0.6 is 0 Å². The lowest BCUT2D eigenvalue weighted by atomic mass is 10.2. The maximum Gasteiger partial charge on any atom is 0.325 e. The minimum atomic E-state index is -0.208. The number of urea groups is 1. The van der Waals surface area contributed by atoms with Gasteiger partial charge in [-0.3, -0.25) is 9.69 Å². The first kappa shape index (κ1) is 19.8. The fourth-order valence-electron chi connectivity index (χ4n) is 2.81. The molecule has 1 heterocycles. The van der Waals surface area contributed by atoms with Crippen LogP contribution in [0.3, 0.4) is 0 Å². The molecule has 1 aromatic rings. The minimum Gasteiger partial charge on any atom is -0.497 e. The Balaban J connectivity index is 1.94. The SMILES string of the molecule is COc1ccc(OC)c(N2CCN(CC(=O)NCCCN(C)C)C2=O)c1. The van der Waals surface area contributed by atoms with Gasteiger partial charge in [0.05, 0.1) is 19.9 Å². The number of benzene rings is 1. The second-order valence-corrected chi connectivity index (χ2v) is 6.40. The lowest BCUT2D eigenvalue weighted by Gasteiger charge is -2.21. The van der Waals surface area contributed by atoms with Crippen LogP contribution in [0.4, 0.5) is 10.5 Å². The molecule has 1 fully saturated rings. The number of carbonyl (C=O) groups is 2. The van der Waals surface area contributed by atoms with E-state index < -0.39 is 0 Å². The minimum absolute atomic E-state index is 0.0591. The van der Waals surface area contributed by atoms with Gasteiger partial charge in [-0.05, 0) is 39.2 Å². The van der Waals surface area contributed by atoms with E-state index in [9.17, 15) is 9.59 Å². The van der Waals surface area contributed by atoms with Gasteiger partial charge in [-0.15, -0.1) is 0 Å². The summed E-state index contributed by atoms with van der Waals surface area (Å²) in [6.45, 7) is 2.56. The predicted octanol–water partition coefficient (Wildman–Crippen LogP) is 1.01. The number of rotatable bonds is 9. The number of anilines is 1. The van der Waals surface area contributed by atoms with E-state index in [1.165, 1.54) is 0 Å². The quantitative estimate of drug-likeness (QED) is 0.662. The van der Waals surface area contributed by atoms with Crippen molar-refractivity contribution in [2.75, 3.05) is 65.9 Å². The first-order valence-corrected chi connectivity index (χ1v) is 8.66. The number of carbonyl (C=O) groups excluding carboxylic acids is 2. The number of amides is 3. The van der Waals surface area contributed by atoms with Gasteiger partial charge in [0.15, 0.2) is 0 Å². The van der Waals surface area contributed by atoms with E-state index in [4.69, 9.17) is 9.47 Å². The maximum atomic E-state index is 12.7. The van der Waals surface area contributed by atoms with Crippen LogP contribution in [0.2, 0.25) is 0 Å². The molecule has 8 heteroatoms. The number of methoxy groups -OCH3 is 2. The molecule has 1 aliphatic rings. The van der Waals surface area contributed by atoms with Crippen LogP contribution in [0.25, 0.3) is 0 Å². The van der Waals surface area contributed by atoms with Gasteiger partial charge in [0, 0.05) is 25.7 Å². The van der Waals surface area contributed by atoms with Gasteiger partial charge in [0.25, 0.3) is 0 Å².